The number of carbonyl (C=O) groups excluding carboxylic acids is 2. The minimum Gasteiger partial charge on any atom is -0.466 e. The van der Waals surface area contributed by atoms with Gasteiger partial charge in [-0.25, -0.2) is 0 Å². The molecule has 0 bridgehead atoms. The zero-order chi connectivity index (χ0) is 25.3. The van der Waals surface area contributed by atoms with Gasteiger partial charge in [-0.2, -0.15) is 0 Å². The Labute approximate surface area is 211 Å². The van der Waals surface area contributed by atoms with E-state index in [9.17, 15) is 9.59 Å². The molecule has 0 fully saturated rings. The van der Waals surface area contributed by atoms with Gasteiger partial charge in [0.05, 0.1) is 12.6 Å². The molecular weight excluding hydrogens is 424 g/mol. The molecule has 0 unspecified atom stereocenters. The molecule has 0 aromatic rings. The van der Waals surface area contributed by atoms with Gasteiger partial charge >= 0.3 is 5.97 Å². The van der Waals surface area contributed by atoms with Crippen molar-refractivity contribution in [1.82, 2.24) is 4.90 Å². The number of rotatable bonds is 25. The molecule has 0 heterocycles. The first-order valence-corrected chi connectivity index (χ1v) is 14.8. The average molecular weight is 483 g/mol. The van der Waals surface area contributed by atoms with E-state index in [1.165, 1.54) is 77.0 Å². The molecule has 0 rings (SSSR count). The molecule has 0 aliphatic rings. The van der Waals surface area contributed by atoms with E-state index < -0.39 is 6.04 Å². The van der Waals surface area contributed by atoms with Crippen LogP contribution in [-0.4, -0.2) is 42.5 Å². The summed E-state index contributed by atoms with van der Waals surface area (Å²) in [5.74, 6) is -0.230. The van der Waals surface area contributed by atoms with E-state index in [4.69, 9.17) is 10.5 Å². The van der Waals surface area contributed by atoms with Gasteiger partial charge in [0.25, 0.3) is 0 Å². The predicted octanol–water partition coefficient (Wildman–Crippen LogP) is 7.55. The number of hydrogen-bond donors (Lipinski definition) is 1. The third kappa shape index (κ3) is 20.3. The third-order valence-corrected chi connectivity index (χ3v) is 6.61. The summed E-state index contributed by atoms with van der Waals surface area (Å²) in [6.07, 6.45) is 22.4. The smallest absolute Gasteiger partial charge is 0.305 e. The van der Waals surface area contributed by atoms with Gasteiger partial charge in [-0.15, -0.1) is 0 Å². The lowest BCUT2D eigenvalue weighted by Gasteiger charge is -2.26. The predicted molar refractivity (Wildman–Crippen MR) is 145 cm³/mol. The van der Waals surface area contributed by atoms with Crippen LogP contribution < -0.4 is 5.73 Å². The van der Waals surface area contributed by atoms with Crippen LogP contribution in [0.4, 0.5) is 0 Å². The van der Waals surface area contributed by atoms with Gasteiger partial charge in [-0.1, -0.05) is 117 Å². The molecule has 1 atom stereocenters. The van der Waals surface area contributed by atoms with Crippen molar-refractivity contribution in [3.8, 4) is 0 Å². The van der Waals surface area contributed by atoms with Crippen LogP contribution in [0, 0.1) is 0 Å². The summed E-state index contributed by atoms with van der Waals surface area (Å²) in [6, 6.07) is -0.609. The lowest BCUT2D eigenvalue weighted by Crippen LogP contribution is -2.45. The van der Waals surface area contributed by atoms with Crippen molar-refractivity contribution in [2.24, 2.45) is 5.73 Å². The van der Waals surface area contributed by atoms with Crippen molar-refractivity contribution in [1.29, 1.82) is 0 Å². The van der Waals surface area contributed by atoms with E-state index in [0.29, 0.717) is 13.0 Å². The number of nitrogens with two attached hydrogens (primary N) is 1. The fourth-order valence-electron chi connectivity index (χ4n) is 4.27. The third-order valence-electron chi connectivity index (χ3n) is 6.61. The van der Waals surface area contributed by atoms with E-state index in [-0.39, 0.29) is 18.3 Å². The number of unbranched alkanes of at least 4 members (excludes halogenated alkanes) is 15. The highest BCUT2D eigenvalue weighted by atomic mass is 16.5. The van der Waals surface area contributed by atoms with Crippen LogP contribution >= 0.6 is 0 Å². The standard InChI is InChI=1S/C29H58N2O3/c1-4-7-10-13-14-15-16-17-18-21-26-34-28(32)23-22-27(30)29(33)31(24-19-11-8-5-2)25-20-12-9-6-3/h27H,4-26,30H2,1-3H3/t27-/m0/s1. The minimum absolute atomic E-state index is 0.00417. The zero-order valence-electron chi connectivity index (χ0n) is 23.1. The molecule has 0 aliphatic heterocycles. The molecule has 5 heteroatoms. The van der Waals surface area contributed by atoms with Crippen LogP contribution in [0.25, 0.3) is 0 Å². The first-order valence-electron chi connectivity index (χ1n) is 14.8. The Morgan fingerprint density at radius 3 is 1.53 bits per heavy atom. The van der Waals surface area contributed by atoms with Crippen LogP contribution in [0.15, 0.2) is 0 Å². The summed E-state index contributed by atoms with van der Waals surface area (Å²) in [6.45, 7) is 8.68. The summed E-state index contributed by atoms with van der Waals surface area (Å²) in [5.41, 5.74) is 6.19. The van der Waals surface area contributed by atoms with Gasteiger partial charge in [0.1, 0.15) is 0 Å². The second-order valence-electron chi connectivity index (χ2n) is 9.99. The molecule has 2 N–H and O–H groups in total. The zero-order valence-corrected chi connectivity index (χ0v) is 23.1. The van der Waals surface area contributed by atoms with Gasteiger partial charge in [0, 0.05) is 19.5 Å². The van der Waals surface area contributed by atoms with Crippen molar-refractivity contribution < 1.29 is 14.3 Å². The molecular formula is C29H58N2O3. The summed E-state index contributed by atoms with van der Waals surface area (Å²) < 4.78 is 5.37. The van der Waals surface area contributed by atoms with E-state index in [0.717, 1.165) is 51.6 Å². The number of ether oxygens (including phenoxy) is 1. The summed E-state index contributed by atoms with van der Waals surface area (Å²) in [5, 5.41) is 0. The molecule has 0 aliphatic carbocycles. The molecule has 5 nitrogen and oxygen atoms in total. The molecule has 202 valence electrons. The van der Waals surface area contributed by atoms with Crippen molar-refractivity contribution in [3.05, 3.63) is 0 Å². The Bertz CT molecular complexity index is 458. The van der Waals surface area contributed by atoms with Gasteiger partial charge < -0.3 is 15.4 Å². The Hall–Kier alpha value is -1.10. The largest absolute Gasteiger partial charge is 0.466 e. The maximum absolute atomic E-state index is 12.9. The van der Waals surface area contributed by atoms with Crippen LogP contribution in [0.1, 0.15) is 149 Å². The highest BCUT2D eigenvalue weighted by molar-refractivity contribution is 5.82. The van der Waals surface area contributed by atoms with Gasteiger partial charge in [0.2, 0.25) is 5.91 Å². The number of hydrogen-bond acceptors (Lipinski definition) is 4. The number of amides is 1. The maximum atomic E-state index is 12.9. The quantitative estimate of drug-likeness (QED) is 0.108. The highest BCUT2D eigenvalue weighted by Gasteiger charge is 2.21. The van der Waals surface area contributed by atoms with Crippen molar-refractivity contribution in [2.75, 3.05) is 19.7 Å². The lowest BCUT2D eigenvalue weighted by molar-refractivity contribution is -0.144. The van der Waals surface area contributed by atoms with Crippen LogP contribution in [0.2, 0.25) is 0 Å². The Kier molecular flexibility index (Phi) is 24.2. The maximum Gasteiger partial charge on any atom is 0.305 e. The monoisotopic (exact) mass is 482 g/mol. The van der Waals surface area contributed by atoms with Crippen LogP contribution in [0.3, 0.4) is 0 Å². The molecule has 34 heavy (non-hydrogen) atoms. The average Bonchev–Trinajstić information content (AvgIpc) is 2.84. The van der Waals surface area contributed by atoms with Crippen LogP contribution in [0.5, 0.6) is 0 Å². The molecule has 0 saturated carbocycles. The molecule has 0 radical (unpaired) electrons. The van der Waals surface area contributed by atoms with Crippen molar-refractivity contribution in [3.63, 3.8) is 0 Å². The molecule has 0 saturated heterocycles. The summed E-state index contributed by atoms with van der Waals surface area (Å²) >= 11 is 0. The lowest BCUT2D eigenvalue weighted by atomic mass is 10.1. The second-order valence-corrected chi connectivity index (χ2v) is 9.99. The normalized spacial score (nSPS) is 12.0. The number of nitrogens with zero attached hydrogens (tertiary/aromatic N) is 1. The van der Waals surface area contributed by atoms with Crippen LogP contribution in [-0.2, 0) is 14.3 Å². The SMILES string of the molecule is CCCCCCCCCCCCOC(=O)CC[C@H](N)C(=O)N(CCCCCC)CCCCCC. The van der Waals surface area contributed by atoms with E-state index in [1.807, 2.05) is 4.90 Å². The number of carbonyl (C=O) groups is 2. The topological polar surface area (TPSA) is 72.6 Å². The van der Waals surface area contributed by atoms with Crippen molar-refractivity contribution in [2.45, 2.75) is 155 Å². The molecule has 0 aromatic heterocycles. The van der Waals surface area contributed by atoms with E-state index >= 15 is 0 Å². The summed E-state index contributed by atoms with van der Waals surface area (Å²) in [4.78, 5) is 26.9. The Morgan fingerprint density at radius 1 is 0.647 bits per heavy atom. The minimum atomic E-state index is -0.609. The van der Waals surface area contributed by atoms with E-state index in [2.05, 4.69) is 20.8 Å². The first kappa shape index (κ1) is 32.9. The fraction of sp³-hybridized carbons (Fsp3) is 0.931. The first-order chi connectivity index (χ1) is 16.6. The molecule has 0 spiro atoms. The molecule has 0 aromatic carbocycles. The Balaban J connectivity index is 3.99. The Morgan fingerprint density at radius 2 is 1.06 bits per heavy atom. The van der Waals surface area contributed by atoms with Gasteiger partial charge in [-0.05, 0) is 25.7 Å². The molecule has 1 amide bonds. The van der Waals surface area contributed by atoms with Gasteiger partial charge in [-0.3, -0.25) is 9.59 Å². The highest BCUT2D eigenvalue weighted by Crippen LogP contribution is 2.11. The fourth-order valence-corrected chi connectivity index (χ4v) is 4.27. The van der Waals surface area contributed by atoms with E-state index in [1.54, 1.807) is 0 Å². The summed E-state index contributed by atoms with van der Waals surface area (Å²) in [7, 11) is 0. The van der Waals surface area contributed by atoms with Gasteiger partial charge in [0.15, 0.2) is 0 Å². The number of esters is 1. The second kappa shape index (κ2) is 25.0. The van der Waals surface area contributed by atoms with Crippen molar-refractivity contribution >= 4 is 11.9 Å².